The molecule has 1 aromatic heterocycles. The summed E-state index contributed by atoms with van der Waals surface area (Å²) in [6.45, 7) is 6.08. The predicted octanol–water partition coefficient (Wildman–Crippen LogP) is 2.96. The molecular weight excluding hydrogens is 520 g/mol. The number of amides is 1. The summed E-state index contributed by atoms with van der Waals surface area (Å²) in [5.74, 6) is 0.385. The zero-order chi connectivity index (χ0) is 28.3. The lowest BCUT2D eigenvalue weighted by molar-refractivity contribution is 0.0779. The first kappa shape index (κ1) is 28.8. The Kier molecular flexibility index (Phi) is 8.75. The topological polar surface area (TPSA) is 116 Å². The fraction of sp³-hybridized carbons (Fsp3) is 0.429. The fourth-order valence-corrected chi connectivity index (χ4v) is 6.38. The van der Waals surface area contributed by atoms with Crippen LogP contribution in [0.5, 0.6) is 5.75 Å². The summed E-state index contributed by atoms with van der Waals surface area (Å²) in [5.41, 5.74) is 3.38. The number of β-amino-alcohol motifs (C(OH)–C–C–N with tert-alkyl or cyclic N) is 1. The quantitative estimate of drug-likeness (QED) is 0.405. The number of methoxy groups -OCH3 is 1. The molecule has 2 heterocycles. The van der Waals surface area contributed by atoms with Gasteiger partial charge in [-0.05, 0) is 54.7 Å². The van der Waals surface area contributed by atoms with Crippen LogP contribution in [0.2, 0.25) is 0 Å². The highest BCUT2D eigenvalue weighted by molar-refractivity contribution is 7.89. The lowest BCUT2D eigenvalue weighted by atomic mass is 10.1. The molecule has 1 saturated heterocycles. The van der Waals surface area contributed by atoms with Crippen molar-refractivity contribution in [3.05, 3.63) is 76.5 Å². The molecule has 1 unspecified atom stereocenters. The van der Waals surface area contributed by atoms with Crippen molar-refractivity contribution in [1.29, 1.82) is 0 Å². The van der Waals surface area contributed by atoms with Crippen LogP contribution >= 0.6 is 0 Å². The van der Waals surface area contributed by atoms with E-state index in [-0.39, 0.29) is 35.0 Å². The molecule has 1 aliphatic rings. The molecule has 0 bridgehead atoms. The summed E-state index contributed by atoms with van der Waals surface area (Å²) in [6.07, 6.45) is 1.82. The Balaban J connectivity index is 1.37. The van der Waals surface area contributed by atoms with E-state index in [9.17, 15) is 18.3 Å². The number of aliphatic hydroxyl groups is 1. The summed E-state index contributed by atoms with van der Waals surface area (Å²) in [4.78, 5) is 21.2. The van der Waals surface area contributed by atoms with Crippen molar-refractivity contribution in [2.24, 2.45) is 0 Å². The summed E-state index contributed by atoms with van der Waals surface area (Å²) in [6, 6.07) is 11.4. The lowest BCUT2D eigenvalue weighted by Crippen LogP contribution is -2.28. The Morgan fingerprint density at radius 3 is 2.36 bits per heavy atom. The average Bonchev–Trinajstić information content (AvgIpc) is 3.52. The van der Waals surface area contributed by atoms with Gasteiger partial charge in [0.05, 0.1) is 24.7 Å². The SMILES string of the molecule is COc1cc(C)c(S(=O)(=O)N(C)Cc2nc(C(=O)N(C)Cc3ccc(CN4CCC(O)C4)cc3)co2)c(C)c1. The van der Waals surface area contributed by atoms with E-state index in [0.717, 1.165) is 34.9 Å². The van der Waals surface area contributed by atoms with Gasteiger partial charge in [-0.15, -0.1) is 0 Å². The van der Waals surface area contributed by atoms with Crippen LogP contribution in [0.4, 0.5) is 0 Å². The normalized spacial score (nSPS) is 16.1. The minimum atomic E-state index is -3.84. The van der Waals surface area contributed by atoms with E-state index in [1.54, 1.807) is 33.0 Å². The first-order valence-corrected chi connectivity index (χ1v) is 14.2. The number of nitrogens with zero attached hydrogens (tertiary/aromatic N) is 4. The van der Waals surface area contributed by atoms with Crippen LogP contribution in [-0.2, 0) is 29.7 Å². The highest BCUT2D eigenvalue weighted by Gasteiger charge is 2.27. The number of rotatable bonds is 10. The molecule has 210 valence electrons. The van der Waals surface area contributed by atoms with Gasteiger partial charge in [0.2, 0.25) is 15.9 Å². The lowest BCUT2D eigenvalue weighted by Gasteiger charge is -2.19. The summed E-state index contributed by atoms with van der Waals surface area (Å²) in [5, 5.41) is 9.71. The van der Waals surface area contributed by atoms with E-state index in [2.05, 4.69) is 9.88 Å². The Labute approximate surface area is 229 Å². The molecule has 11 heteroatoms. The molecule has 0 radical (unpaired) electrons. The zero-order valence-corrected chi connectivity index (χ0v) is 23.9. The monoisotopic (exact) mass is 556 g/mol. The number of aromatic nitrogens is 1. The van der Waals surface area contributed by atoms with Crippen LogP contribution < -0.4 is 4.74 Å². The molecule has 1 fully saturated rings. The molecule has 39 heavy (non-hydrogen) atoms. The number of carbonyl (C=O) groups is 1. The third-order valence-corrected chi connectivity index (χ3v) is 9.02. The van der Waals surface area contributed by atoms with Gasteiger partial charge in [-0.3, -0.25) is 9.69 Å². The van der Waals surface area contributed by atoms with E-state index >= 15 is 0 Å². The summed E-state index contributed by atoms with van der Waals surface area (Å²) >= 11 is 0. The number of aryl methyl sites for hydroxylation is 2. The van der Waals surface area contributed by atoms with E-state index in [1.165, 1.54) is 25.3 Å². The Morgan fingerprint density at radius 1 is 1.13 bits per heavy atom. The molecule has 0 saturated carbocycles. The second-order valence-electron chi connectivity index (χ2n) is 10.1. The molecule has 2 aromatic carbocycles. The largest absolute Gasteiger partial charge is 0.497 e. The van der Waals surface area contributed by atoms with Gasteiger partial charge in [0.25, 0.3) is 5.91 Å². The number of carbonyl (C=O) groups excluding carboxylic acids is 1. The first-order chi connectivity index (χ1) is 18.5. The number of benzene rings is 2. The highest BCUT2D eigenvalue weighted by Crippen LogP contribution is 2.28. The van der Waals surface area contributed by atoms with Gasteiger partial charge in [-0.1, -0.05) is 24.3 Å². The molecule has 0 spiro atoms. The molecule has 4 rings (SSSR count). The van der Waals surface area contributed by atoms with Crippen molar-refractivity contribution in [3.63, 3.8) is 0 Å². The summed E-state index contributed by atoms with van der Waals surface area (Å²) in [7, 11) is 0.829. The van der Waals surface area contributed by atoms with Gasteiger partial charge in [0.15, 0.2) is 5.69 Å². The number of hydrogen-bond donors (Lipinski definition) is 1. The van der Waals surface area contributed by atoms with Crippen molar-refractivity contribution in [3.8, 4) is 5.75 Å². The third-order valence-electron chi connectivity index (χ3n) is 6.91. The molecule has 1 amide bonds. The van der Waals surface area contributed by atoms with Gasteiger partial charge < -0.3 is 19.2 Å². The predicted molar refractivity (Wildman–Crippen MR) is 146 cm³/mol. The second-order valence-corrected chi connectivity index (χ2v) is 12.1. The van der Waals surface area contributed by atoms with Crippen LogP contribution in [0, 0.1) is 13.8 Å². The number of aliphatic hydroxyl groups excluding tert-OH is 1. The number of sulfonamides is 1. The van der Waals surface area contributed by atoms with Gasteiger partial charge in [-0.25, -0.2) is 13.4 Å². The number of oxazole rings is 1. The maximum atomic E-state index is 13.3. The molecule has 1 atom stereocenters. The van der Waals surface area contributed by atoms with Crippen molar-refractivity contribution in [2.45, 2.75) is 50.9 Å². The maximum Gasteiger partial charge on any atom is 0.275 e. The second kappa shape index (κ2) is 11.9. The number of hydrogen-bond acceptors (Lipinski definition) is 8. The Bertz CT molecular complexity index is 1400. The van der Waals surface area contributed by atoms with Gasteiger partial charge >= 0.3 is 0 Å². The molecule has 10 nitrogen and oxygen atoms in total. The molecule has 1 N–H and O–H groups in total. The minimum Gasteiger partial charge on any atom is -0.497 e. The fourth-order valence-electron chi connectivity index (χ4n) is 4.85. The van der Waals surface area contributed by atoms with Crippen LogP contribution in [0.15, 0.2) is 52.0 Å². The Morgan fingerprint density at radius 2 is 1.77 bits per heavy atom. The molecular formula is C28H36N4O6S. The van der Waals surface area contributed by atoms with Crippen LogP contribution in [0.1, 0.15) is 45.1 Å². The van der Waals surface area contributed by atoms with Crippen molar-refractivity contribution < 1.29 is 27.5 Å². The van der Waals surface area contributed by atoms with E-state index in [1.807, 2.05) is 24.3 Å². The molecule has 3 aromatic rings. The highest BCUT2D eigenvalue weighted by atomic mass is 32.2. The van der Waals surface area contributed by atoms with Crippen LogP contribution in [-0.4, -0.2) is 78.9 Å². The van der Waals surface area contributed by atoms with E-state index < -0.39 is 10.0 Å². The molecule has 1 aliphatic heterocycles. The van der Waals surface area contributed by atoms with Crippen molar-refractivity contribution >= 4 is 15.9 Å². The third kappa shape index (κ3) is 6.67. The average molecular weight is 557 g/mol. The minimum absolute atomic E-state index is 0.110. The van der Waals surface area contributed by atoms with Gasteiger partial charge in [0, 0.05) is 40.3 Å². The first-order valence-electron chi connectivity index (χ1n) is 12.8. The van der Waals surface area contributed by atoms with Crippen molar-refractivity contribution in [2.75, 3.05) is 34.3 Å². The number of likely N-dealkylation sites (tertiary alicyclic amines) is 1. The smallest absolute Gasteiger partial charge is 0.275 e. The van der Waals surface area contributed by atoms with Crippen molar-refractivity contribution in [1.82, 2.24) is 19.1 Å². The maximum absolute atomic E-state index is 13.3. The van der Waals surface area contributed by atoms with Crippen LogP contribution in [0.3, 0.4) is 0 Å². The van der Waals surface area contributed by atoms with Gasteiger partial charge in [-0.2, -0.15) is 4.31 Å². The van der Waals surface area contributed by atoms with Gasteiger partial charge in [0.1, 0.15) is 12.0 Å². The van der Waals surface area contributed by atoms with Crippen LogP contribution in [0.25, 0.3) is 0 Å². The number of ether oxygens (including phenoxy) is 1. The summed E-state index contributed by atoms with van der Waals surface area (Å²) < 4.78 is 38.4. The zero-order valence-electron chi connectivity index (χ0n) is 23.0. The molecule has 0 aliphatic carbocycles. The van der Waals surface area contributed by atoms with E-state index in [0.29, 0.717) is 30.0 Å². The standard InChI is InChI=1S/C28H36N4O6S/c1-19-12-24(37-5)13-20(2)27(19)39(35,36)31(4)17-26-29-25(18-38-26)28(34)30(3)14-21-6-8-22(9-7-21)15-32-11-10-23(33)16-32/h6-9,12-13,18,23,33H,10-11,14-17H2,1-5H3. The Hall–Kier alpha value is -3.25. The van der Waals surface area contributed by atoms with E-state index in [4.69, 9.17) is 9.15 Å².